The quantitative estimate of drug-likeness (QED) is 0.365. The summed E-state index contributed by atoms with van der Waals surface area (Å²) in [5.74, 6) is 2.17. The van der Waals surface area contributed by atoms with E-state index >= 15 is 0 Å². The van der Waals surface area contributed by atoms with Gasteiger partial charge in [-0.05, 0) is 55.4 Å². The minimum absolute atomic E-state index is 0.141. The van der Waals surface area contributed by atoms with Crippen LogP contribution in [0.5, 0.6) is 5.75 Å². The van der Waals surface area contributed by atoms with Crippen molar-refractivity contribution in [1.29, 1.82) is 0 Å². The molecule has 38 heavy (non-hydrogen) atoms. The molecule has 1 saturated carbocycles. The van der Waals surface area contributed by atoms with E-state index in [1.54, 1.807) is 10.9 Å². The SMILES string of the molecule is Cc1cc(Nc2ncc(Cl)c(Nc3cn(C)nc3CC(C)C)n2)c(OC2CC2)cc1C1CN(S(C)(=O)=O)C1. The number of benzene rings is 1. The standard InChI is InChI=1S/C26H34ClN7O3S/c1-15(2)8-21-23(14-33(4)32-21)29-25-20(27)11-28-26(31-25)30-22-9-16(3)19(10-24(22)37-18-6-7-18)17-12-34(13-17)38(5,35)36/h9-11,14-15,17-18H,6-8,12-13H2,1-5H3,(H2,28,29,30,31). The van der Waals surface area contributed by atoms with Gasteiger partial charge >= 0.3 is 0 Å². The van der Waals surface area contributed by atoms with E-state index in [9.17, 15) is 8.42 Å². The highest BCUT2D eigenvalue weighted by Crippen LogP contribution is 2.40. The highest BCUT2D eigenvalue weighted by Gasteiger charge is 2.35. The molecule has 1 aliphatic carbocycles. The van der Waals surface area contributed by atoms with E-state index in [0.717, 1.165) is 47.5 Å². The van der Waals surface area contributed by atoms with Crippen molar-refractivity contribution >= 4 is 44.8 Å². The van der Waals surface area contributed by atoms with Crippen LogP contribution < -0.4 is 15.4 Å². The van der Waals surface area contributed by atoms with Gasteiger partial charge in [-0.2, -0.15) is 10.1 Å². The van der Waals surface area contributed by atoms with Crippen LogP contribution in [0.15, 0.2) is 24.5 Å². The van der Waals surface area contributed by atoms with E-state index < -0.39 is 10.0 Å². The highest BCUT2D eigenvalue weighted by atomic mass is 35.5. The molecule has 1 saturated heterocycles. The topological polar surface area (TPSA) is 114 Å². The summed E-state index contributed by atoms with van der Waals surface area (Å²) in [5, 5.41) is 11.6. The first-order chi connectivity index (χ1) is 18.0. The van der Waals surface area contributed by atoms with Crippen LogP contribution in [0.3, 0.4) is 0 Å². The van der Waals surface area contributed by atoms with Gasteiger partial charge < -0.3 is 15.4 Å². The third kappa shape index (κ3) is 6.05. The lowest BCUT2D eigenvalue weighted by molar-refractivity contribution is 0.263. The smallest absolute Gasteiger partial charge is 0.229 e. The zero-order valence-electron chi connectivity index (χ0n) is 22.3. The van der Waals surface area contributed by atoms with Crippen molar-refractivity contribution in [2.75, 3.05) is 30.0 Å². The molecule has 5 rings (SSSR count). The average Bonchev–Trinajstić information content (AvgIpc) is 3.53. The molecule has 0 atom stereocenters. The number of nitrogens with one attached hydrogen (secondary N) is 2. The Labute approximate surface area is 228 Å². The molecule has 2 aliphatic rings. The molecule has 2 fully saturated rings. The van der Waals surface area contributed by atoms with Crippen LogP contribution in [-0.2, 0) is 23.5 Å². The second-order valence-corrected chi connectivity index (χ2v) is 13.1. The van der Waals surface area contributed by atoms with Gasteiger partial charge in [0.1, 0.15) is 10.8 Å². The Bertz CT molecular complexity index is 1450. The minimum atomic E-state index is -3.17. The van der Waals surface area contributed by atoms with Crippen molar-refractivity contribution in [1.82, 2.24) is 24.1 Å². The summed E-state index contributed by atoms with van der Waals surface area (Å²) >= 11 is 6.46. The fraction of sp³-hybridized carbons (Fsp3) is 0.500. The van der Waals surface area contributed by atoms with Gasteiger partial charge in [0.25, 0.3) is 0 Å². The molecular weight excluding hydrogens is 526 g/mol. The largest absolute Gasteiger partial charge is 0.488 e. The number of aryl methyl sites for hydroxylation is 2. The predicted molar refractivity (Wildman–Crippen MR) is 149 cm³/mol. The Kier molecular flexibility index (Phi) is 7.27. The molecule has 0 spiro atoms. The van der Waals surface area contributed by atoms with E-state index in [1.165, 1.54) is 10.6 Å². The first-order valence-corrected chi connectivity index (χ1v) is 15.0. The van der Waals surface area contributed by atoms with Crippen molar-refractivity contribution in [3.8, 4) is 5.75 Å². The van der Waals surface area contributed by atoms with Crippen LogP contribution >= 0.6 is 11.6 Å². The number of hydrogen-bond donors (Lipinski definition) is 2. The van der Waals surface area contributed by atoms with E-state index in [1.807, 2.05) is 32.3 Å². The molecule has 2 N–H and O–H groups in total. The van der Waals surface area contributed by atoms with Crippen molar-refractivity contribution in [2.45, 2.75) is 52.1 Å². The van der Waals surface area contributed by atoms with Crippen molar-refractivity contribution in [3.05, 3.63) is 46.4 Å². The molecule has 1 aromatic carbocycles. The molecule has 204 valence electrons. The molecule has 12 heteroatoms. The summed E-state index contributed by atoms with van der Waals surface area (Å²) in [6.07, 6.45) is 7.78. The van der Waals surface area contributed by atoms with E-state index in [-0.39, 0.29) is 12.0 Å². The lowest BCUT2D eigenvalue weighted by Crippen LogP contribution is -2.48. The van der Waals surface area contributed by atoms with Gasteiger partial charge in [0.05, 0.1) is 35.6 Å². The monoisotopic (exact) mass is 559 g/mol. The molecule has 3 aromatic rings. The maximum atomic E-state index is 11.8. The first-order valence-electron chi connectivity index (χ1n) is 12.8. The second-order valence-electron chi connectivity index (χ2n) is 10.7. The lowest BCUT2D eigenvalue weighted by Gasteiger charge is -2.38. The Morgan fingerprint density at radius 3 is 2.58 bits per heavy atom. The van der Waals surface area contributed by atoms with Crippen LogP contribution in [0, 0.1) is 12.8 Å². The van der Waals surface area contributed by atoms with Gasteiger partial charge in [-0.25, -0.2) is 17.7 Å². The molecule has 1 aliphatic heterocycles. The van der Waals surface area contributed by atoms with Crippen molar-refractivity contribution < 1.29 is 13.2 Å². The van der Waals surface area contributed by atoms with Gasteiger partial charge in [0, 0.05) is 32.3 Å². The van der Waals surface area contributed by atoms with Crippen LogP contribution in [0.25, 0.3) is 0 Å². The number of ether oxygens (including phenoxy) is 1. The number of hydrogen-bond acceptors (Lipinski definition) is 8. The molecule has 0 amide bonds. The number of halogens is 1. The zero-order chi connectivity index (χ0) is 27.2. The summed E-state index contributed by atoms with van der Waals surface area (Å²) in [5.41, 5.74) is 4.71. The van der Waals surface area contributed by atoms with E-state index in [4.69, 9.17) is 16.3 Å². The number of anilines is 4. The molecule has 10 nitrogen and oxygen atoms in total. The molecule has 0 radical (unpaired) electrons. The summed E-state index contributed by atoms with van der Waals surface area (Å²) in [6.45, 7) is 7.30. The lowest BCUT2D eigenvalue weighted by atomic mass is 9.89. The van der Waals surface area contributed by atoms with Crippen molar-refractivity contribution in [3.63, 3.8) is 0 Å². The molecule has 3 heterocycles. The van der Waals surface area contributed by atoms with E-state index in [2.05, 4.69) is 39.5 Å². The zero-order valence-corrected chi connectivity index (χ0v) is 23.9. The molecular formula is C26H34ClN7O3S. The van der Waals surface area contributed by atoms with E-state index in [0.29, 0.717) is 41.5 Å². The summed E-state index contributed by atoms with van der Waals surface area (Å²) < 4.78 is 33.2. The Morgan fingerprint density at radius 2 is 1.92 bits per heavy atom. The number of rotatable bonds is 10. The maximum Gasteiger partial charge on any atom is 0.229 e. The Balaban J connectivity index is 1.39. The average molecular weight is 560 g/mol. The normalized spacial score (nSPS) is 16.5. The minimum Gasteiger partial charge on any atom is -0.488 e. The fourth-order valence-electron chi connectivity index (χ4n) is 4.55. The number of sulfonamides is 1. The summed E-state index contributed by atoms with van der Waals surface area (Å²) in [7, 11) is -1.29. The summed E-state index contributed by atoms with van der Waals surface area (Å²) in [4.78, 5) is 9.04. The number of nitrogens with zero attached hydrogens (tertiary/aromatic N) is 5. The first kappa shape index (κ1) is 26.7. The maximum absolute atomic E-state index is 11.8. The van der Waals surface area contributed by atoms with Crippen LogP contribution in [0.4, 0.5) is 23.1 Å². The van der Waals surface area contributed by atoms with Gasteiger partial charge in [0.15, 0.2) is 5.82 Å². The molecule has 0 bridgehead atoms. The van der Waals surface area contributed by atoms with Crippen LogP contribution in [-0.4, -0.2) is 57.9 Å². The Morgan fingerprint density at radius 1 is 1.18 bits per heavy atom. The van der Waals surface area contributed by atoms with Crippen molar-refractivity contribution in [2.24, 2.45) is 13.0 Å². The molecule has 0 unspecified atom stereocenters. The molecule has 2 aromatic heterocycles. The van der Waals surface area contributed by atoms with Gasteiger partial charge in [-0.1, -0.05) is 25.4 Å². The van der Waals surface area contributed by atoms with Gasteiger partial charge in [-0.3, -0.25) is 4.68 Å². The third-order valence-corrected chi connectivity index (χ3v) is 8.21. The fourth-order valence-corrected chi connectivity index (χ4v) is 5.59. The highest BCUT2D eigenvalue weighted by molar-refractivity contribution is 7.88. The van der Waals surface area contributed by atoms with Crippen LogP contribution in [0.1, 0.15) is 49.4 Å². The predicted octanol–water partition coefficient (Wildman–Crippen LogP) is 4.76. The van der Waals surface area contributed by atoms with Crippen LogP contribution in [0.2, 0.25) is 5.02 Å². The van der Waals surface area contributed by atoms with Gasteiger partial charge in [0.2, 0.25) is 16.0 Å². The number of aromatic nitrogens is 4. The third-order valence-electron chi connectivity index (χ3n) is 6.69. The summed E-state index contributed by atoms with van der Waals surface area (Å²) in [6, 6.07) is 4.05. The Hall–Kier alpha value is -2.89. The van der Waals surface area contributed by atoms with Gasteiger partial charge in [-0.15, -0.1) is 0 Å². The second kappa shape index (κ2) is 10.3.